The van der Waals surface area contributed by atoms with E-state index < -0.39 is 0 Å². The zero-order chi connectivity index (χ0) is 13.8. The van der Waals surface area contributed by atoms with Gasteiger partial charge < -0.3 is 5.32 Å². The molecule has 1 fully saturated rings. The highest BCUT2D eigenvalue weighted by molar-refractivity contribution is 4.79. The molecule has 1 saturated carbocycles. The average Bonchev–Trinajstić information content (AvgIpc) is 2.82. The third-order valence-electron chi connectivity index (χ3n) is 4.80. The lowest BCUT2D eigenvalue weighted by atomic mass is 10.1. The lowest BCUT2D eigenvalue weighted by Gasteiger charge is -2.16. The Morgan fingerprint density at radius 1 is 0.789 bits per heavy atom. The smallest absolute Gasteiger partial charge is 0.00926 e. The van der Waals surface area contributed by atoms with Gasteiger partial charge in [-0.1, -0.05) is 78.1 Å². The largest absolute Gasteiger partial charge is 0.314 e. The quantitative estimate of drug-likeness (QED) is 0.448. The highest BCUT2D eigenvalue weighted by Gasteiger charge is 2.21. The van der Waals surface area contributed by atoms with Crippen molar-refractivity contribution in [2.24, 2.45) is 5.92 Å². The highest BCUT2D eigenvalue weighted by atomic mass is 14.9. The van der Waals surface area contributed by atoms with E-state index in [9.17, 15) is 0 Å². The lowest BCUT2D eigenvalue weighted by Crippen LogP contribution is -2.31. The fourth-order valence-electron chi connectivity index (χ4n) is 3.35. The topological polar surface area (TPSA) is 12.0 Å². The van der Waals surface area contributed by atoms with Crippen LogP contribution in [-0.2, 0) is 0 Å². The van der Waals surface area contributed by atoms with Crippen LogP contribution in [0.5, 0.6) is 0 Å². The van der Waals surface area contributed by atoms with Gasteiger partial charge in [0.25, 0.3) is 0 Å². The number of hydrogen-bond donors (Lipinski definition) is 1. The van der Waals surface area contributed by atoms with Crippen LogP contribution >= 0.6 is 0 Å². The van der Waals surface area contributed by atoms with Gasteiger partial charge in [0.2, 0.25) is 0 Å². The zero-order valence-electron chi connectivity index (χ0n) is 13.6. The van der Waals surface area contributed by atoms with Gasteiger partial charge in [0.15, 0.2) is 0 Å². The average molecular weight is 268 g/mol. The summed E-state index contributed by atoms with van der Waals surface area (Å²) in [5.41, 5.74) is 0. The van der Waals surface area contributed by atoms with Crippen molar-refractivity contribution in [3.8, 4) is 0 Å². The van der Waals surface area contributed by atoms with Crippen LogP contribution in [0.4, 0.5) is 0 Å². The Hall–Kier alpha value is -0.0400. The Labute approximate surface area is 121 Å². The third-order valence-corrected chi connectivity index (χ3v) is 4.80. The summed E-state index contributed by atoms with van der Waals surface area (Å²) in [6, 6.07) is 0.832. The van der Waals surface area contributed by atoms with Crippen molar-refractivity contribution >= 4 is 0 Å². The molecule has 1 nitrogen and oxygen atoms in total. The summed E-state index contributed by atoms with van der Waals surface area (Å²) in [5, 5.41) is 3.76. The van der Waals surface area contributed by atoms with Gasteiger partial charge in [-0.25, -0.2) is 0 Å². The lowest BCUT2D eigenvalue weighted by molar-refractivity contribution is 0.418. The van der Waals surface area contributed by atoms with E-state index in [1.807, 2.05) is 0 Å². The van der Waals surface area contributed by atoms with Crippen LogP contribution in [0.1, 0.15) is 97.3 Å². The molecule has 0 aliphatic heterocycles. The van der Waals surface area contributed by atoms with Crippen LogP contribution in [0.25, 0.3) is 0 Å². The van der Waals surface area contributed by atoms with E-state index in [-0.39, 0.29) is 0 Å². The zero-order valence-corrected chi connectivity index (χ0v) is 13.6. The molecule has 0 aromatic heterocycles. The molecule has 0 aromatic rings. The van der Waals surface area contributed by atoms with E-state index in [0.717, 1.165) is 12.0 Å². The highest BCUT2D eigenvalue weighted by Crippen LogP contribution is 2.24. The molecule has 0 bridgehead atoms. The molecular weight excluding hydrogens is 230 g/mol. The molecule has 0 heterocycles. The molecule has 0 spiro atoms. The Kier molecular flexibility index (Phi) is 10.5. The maximum Gasteiger partial charge on any atom is 0.00926 e. The van der Waals surface area contributed by atoms with Crippen LogP contribution in [0.15, 0.2) is 0 Å². The first-order valence-electron chi connectivity index (χ1n) is 9.08. The Morgan fingerprint density at radius 3 is 1.89 bits per heavy atom. The molecule has 1 rings (SSSR count). The maximum absolute atomic E-state index is 3.76. The van der Waals surface area contributed by atoms with E-state index in [1.165, 1.54) is 90.0 Å². The minimum absolute atomic E-state index is 0.832. The van der Waals surface area contributed by atoms with E-state index in [1.54, 1.807) is 0 Å². The van der Waals surface area contributed by atoms with Crippen molar-refractivity contribution in [3.05, 3.63) is 0 Å². The molecule has 1 aliphatic carbocycles. The molecule has 1 aliphatic rings. The second-order valence-corrected chi connectivity index (χ2v) is 6.65. The van der Waals surface area contributed by atoms with Crippen LogP contribution in [0.2, 0.25) is 0 Å². The summed E-state index contributed by atoms with van der Waals surface area (Å²) < 4.78 is 0. The third kappa shape index (κ3) is 8.68. The van der Waals surface area contributed by atoms with Crippen LogP contribution in [0.3, 0.4) is 0 Å². The number of rotatable bonds is 12. The normalized spacial score (nSPS) is 23.1. The molecule has 0 aromatic carbocycles. The van der Waals surface area contributed by atoms with Crippen molar-refractivity contribution in [2.75, 3.05) is 6.54 Å². The molecule has 2 unspecified atom stereocenters. The van der Waals surface area contributed by atoms with Crippen molar-refractivity contribution in [1.29, 1.82) is 0 Å². The molecule has 0 amide bonds. The maximum atomic E-state index is 3.76. The summed E-state index contributed by atoms with van der Waals surface area (Å²) in [6.07, 6.45) is 18.7. The van der Waals surface area contributed by atoms with Crippen LogP contribution in [0, 0.1) is 5.92 Å². The number of unbranched alkanes of at least 4 members (excludes halogenated alkanes) is 9. The van der Waals surface area contributed by atoms with E-state index in [0.29, 0.717) is 0 Å². The van der Waals surface area contributed by atoms with Crippen molar-refractivity contribution < 1.29 is 0 Å². The van der Waals surface area contributed by atoms with Crippen molar-refractivity contribution in [2.45, 2.75) is 103 Å². The molecule has 114 valence electrons. The molecule has 2 atom stereocenters. The summed E-state index contributed by atoms with van der Waals surface area (Å²) in [4.78, 5) is 0. The molecule has 1 N–H and O–H groups in total. The van der Waals surface area contributed by atoms with Gasteiger partial charge in [0, 0.05) is 6.04 Å². The first-order valence-corrected chi connectivity index (χ1v) is 9.08. The minimum Gasteiger partial charge on any atom is -0.314 e. The van der Waals surface area contributed by atoms with Gasteiger partial charge in [-0.3, -0.25) is 0 Å². The predicted molar refractivity (Wildman–Crippen MR) is 86.6 cm³/mol. The summed E-state index contributed by atoms with van der Waals surface area (Å²) in [7, 11) is 0. The SMILES string of the molecule is CCCCCCCCCCCCNC1CCCC1C. The molecule has 0 radical (unpaired) electrons. The first kappa shape index (κ1) is 17.0. The van der Waals surface area contributed by atoms with Crippen LogP contribution < -0.4 is 5.32 Å². The molecule has 1 heteroatoms. The van der Waals surface area contributed by atoms with Gasteiger partial charge in [0.05, 0.1) is 0 Å². The fraction of sp³-hybridized carbons (Fsp3) is 1.00. The van der Waals surface area contributed by atoms with Crippen molar-refractivity contribution in [1.82, 2.24) is 5.32 Å². The Bertz CT molecular complexity index is 190. The van der Waals surface area contributed by atoms with Gasteiger partial charge in [-0.2, -0.15) is 0 Å². The van der Waals surface area contributed by atoms with E-state index in [4.69, 9.17) is 0 Å². The fourth-order valence-corrected chi connectivity index (χ4v) is 3.35. The minimum atomic E-state index is 0.832. The summed E-state index contributed by atoms with van der Waals surface area (Å²) >= 11 is 0. The molecule has 19 heavy (non-hydrogen) atoms. The van der Waals surface area contributed by atoms with Crippen molar-refractivity contribution in [3.63, 3.8) is 0 Å². The Morgan fingerprint density at radius 2 is 1.37 bits per heavy atom. The number of nitrogens with one attached hydrogen (secondary N) is 1. The summed E-state index contributed by atoms with van der Waals surface area (Å²) in [5.74, 6) is 0.920. The molecule has 0 saturated heterocycles. The monoisotopic (exact) mass is 267 g/mol. The first-order chi connectivity index (χ1) is 9.34. The van der Waals surface area contributed by atoms with E-state index in [2.05, 4.69) is 19.2 Å². The van der Waals surface area contributed by atoms with Gasteiger partial charge >= 0.3 is 0 Å². The Balaban J connectivity index is 1.74. The second kappa shape index (κ2) is 11.8. The molecular formula is C18H37N. The van der Waals surface area contributed by atoms with Gasteiger partial charge in [-0.05, 0) is 31.7 Å². The predicted octanol–water partition coefficient (Wildman–Crippen LogP) is 5.69. The standard InChI is InChI=1S/C18H37N/c1-3-4-5-6-7-8-9-10-11-12-16-19-18-15-13-14-17(18)2/h17-19H,3-16H2,1-2H3. The number of hydrogen-bond acceptors (Lipinski definition) is 1. The van der Waals surface area contributed by atoms with E-state index >= 15 is 0 Å². The second-order valence-electron chi connectivity index (χ2n) is 6.65. The van der Waals surface area contributed by atoms with Gasteiger partial charge in [-0.15, -0.1) is 0 Å². The summed E-state index contributed by atoms with van der Waals surface area (Å²) in [6.45, 7) is 5.95. The van der Waals surface area contributed by atoms with Crippen LogP contribution in [-0.4, -0.2) is 12.6 Å². The van der Waals surface area contributed by atoms with Gasteiger partial charge in [0.1, 0.15) is 0 Å².